The summed E-state index contributed by atoms with van der Waals surface area (Å²) in [6, 6.07) is 2.65. The summed E-state index contributed by atoms with van der Waals surface area (Å²) in [6.45, 7) is 6.80. The van der Waals surface area contributed by atoms with E-state index in [4.69, 9.17) is 19.2 Å². The van der Waals surface area contributed by atoms with Crippen LogP contribution in [0.5, 0.6) is 0 Å². The van der Waals surface area contributed by atoms with Gasteiger partial charge in [0.25, 0.3) is 0 Å². The van der Waals surface area contributed by atoms with E-state index in [0.717, 1.165) is 11.3 Å². The molecule has 13 nitrogen and oxygen atoms in total. The molecule has 0 bridgehead atoms. The first-order valence-corrected chi connectivity index (χ1v) is 12.7. The number of hydrogen-bond donors (Lipinski definition) is 1. The highest BCUT2D eigenvalue weighted by atomic mass is 32.1. The molecule has 0 aliphatic heterocycles. The van der Waals surface area contributed by atoms with Crippen LogP contribution in [0.15, 0.2) is 16.5 Å². The number of hydrogen-bond acceptors (Lipinski definition) is 14. The van der Waals surface area contributed by atoms with Crippen LogP contribution in [0.3, 0.4) is 0 Å². The normalized spacial score (nSPS) is 11.7. The Labute approximate surface area is 205 Å². The summed E-state index contributed by atoms with van der Waals surface area (Å²) in [5.41, 5.74) is 4.90. The summed E-state index contributed by atoms with van der Waals surface area (Å²) in [5.74, 6) is -0.161. The molecule has 0 amide bonds. The molecule has 2 aromatic rings. The van der Waals surface area contributed by atoms with Gasteiger partial charge in [0.1, 0.15) is 10.6 Å². The molecule has 15 heteroatoms. The SMILES string of the molecule is CCOC(=O)OCOP(=O)(OCOC(=O)OCC)c1ccc(-c2nc(N)sc2C(=O)C(C)(C)C)o1. The van der Waals surface area contributed by atoms with Crippen LogP contribution in [0.4, 0.5) is 14.7 Å². The van der Waals surface area contributed by atoms with Crippen molar-refractivity contribution in [2.75, 3.05) is 32.5 Å². The maximum atomic E-state index is 13.4. The highest BCUT2D eigenvalue weighted by molar-refractivity contribution is 7.61. The van der Waals surface area contributed by atoms with E-state index in [0.29, 0.717) is 0 Å². The molecule has 35 heavy (non-hydrogen) atoms. The van der Waals surface area contributed by atoms with Gasteiger partial charge in [-0.25, -0.2) is 14.6 Å². The summed E-state index contributed by atoms with van der Waals surface area (Å²) in [6.07, 6.45) is -2.13. The van der Waals surface area contributed by atoms with Crippen molar-refractivity contribution in [3.05, 3.63) is 17.0 Å². The third-order valence-electron chi connectivity index (χ3n) is 3.95. The van der Waals surface area contributed by atoms with Gasteiger partial charge in [-0.05, 0) is 26.0 Å². The van der Waals surface area contributed by atoms with Crippen LogP contribution in [0.25, 0.3) is 11.5 Å². The largest absolute Gasteiger partial charge is 0.510 e. The molecule has 0 aliphatic rings. The molecule has 0 atom stereocenters. The topological polar surface area (TPSA) is 176 Å². The smallest absolute Gasteiger partial charge is 0.446 e. The Hall–Kier alpha value is -2.93. The van der Waals surface area contributed by atoms with Gasteiger partial charge in [-0.3, -0.25) is 18.4 Å². The van der Waals surface area contributed by atoms with Crippen molar-refractivity contribution in [3.63, 3.8) is 0 Å². The standard InChI is InChI=1S/C20H27N2O11PS/c1-6-27-18(24)29-10-31-34(26,32-11-30-19(25)28-7-2)13-9-8-12(33-13)14-15(35-17(21)22-14)16(23)20(3,4)5/h8-9H,6-7,10-11H2,1-5H3,(H2,21,22). The first-order chi connectivity index (χ1) is 16.4. The average Bonchev–Trinajstić information content (AvgIpc) is 3.40. The quantitative estimate of drug-likeness (QED) is 0.187. The van der Waals surface area contributed by atoms with Crippen molar-refractivity contribution in [2.45, 2.75) is 34.6 Å². The predicted octanol–water partition coefficient (Wildman–Crippen LogP) is 4.33. The van der Waals surface area contributed by atoms with Crippen LogP contribution in [0.1, 0.15) is 44.3 Å². The van der Waals surface area contributed by atoms with Crippen molar-refractivity contribution in [1.29, 1.82) is 0 Å². The zero-order valence-corrected chi connectivity index (χ0v) is 21.6. The van der Waals surface area contributed by atoms with Crippen LogP contribution < -0.4 is 11.2 Å². The first-order valence-electron chi connectivity index (χ1n) is 10.3. The molecule has 0 saturated carbocycles. The molecule has 0 spiro atoms. The highest BCUT2D eigenvalue weighted by Gasteiger charge is 2.35. The lowest BCUT2D eigenvalue weighted by Gasteiger charge is -2.16. The number of nitrogen functional groups attached to an aromatic ring is 1. The molecular formula is C20H27N2O11PS. The van der Waals surface area contributed by atoms with Gasteiger partial charge in [0.2, 0.25) is 19.1 Å². The maximum absolute atomic E-state index is 13.4. The minimum Gasteiger partial charge on any atom is -0.446 e. The Balaban J connectivity index is 2.31. The van der Waals surface area contributed by atoms with Crippen LogP contribution >= 0.6 is 18.9 Å². The molecule has 194 valence electrons. The van der Waals surface area contributed by atoms with Crippen LogP contribution in [0.2, 0.25) is 0 Å². The fourth-order valence-corrected chi connectivity index (χ4v) is 4.54. The average molecular weight is 534 g/mol. The Kier molecular flexibility index (Phi) is 9.83. The number of furan rings is 1. The van der Waals surface area contributed by atoms with Crippen molar-refractivity contribution in [1.82, 2.24) is 4.98 Å². The summed E-state index contributed by atoms with van der Waals surface area (Å²) in [4.78, 5) is 40.1. The van der Waals surface area contributed by atoms with E-state index >= 15 is 0 Å². The summed E-state index contributed by atoms with van der Waals surface area (Å²) >= 11 is 0.987. The molecule has 2 aromatic heterocycles. The molecule has 0 aromatic carbocycles. The molecule has 0 fully saturated rings. The molecule has 0 radical (unpaired) electrons. The predicted molar refractivity (Wildman–Crippen MR) is 123 cm³/mol. The van der Waals surface area contributed by atoms with Gasteiger partial charge in [-0.15, -0.1) is 0 Å². The number of thiazole rings is 1. The van der Waals surface area contributed by atoms with Gasteiger partial charge >= 0.3 is 19.9 Å². The number of rotatable bonds is 11. The van der Waals surface area contributed by atoms with Crippen molar-refractivity contribution >= 4 is 47.7 Å². The van der Waals surface area contributed by atoms with Gasteiger partial charge < -0.3 is 29.1 Å². The van der Waals surface area contributed by atoms with Crippen molar-refractivity contribution in [3.8, 4) is 11.5 Å². The Morgan fingerprint density at radius 1 is 1.00 bits per heavy atom. The molecule has 2 heterocycles. The van der Waals surface area contributed by atoms with E-state index in [1.807, 2.05) is 0 Å². The summed E-state index contributed by atoms with van der Waals surface area (Å²) < 4.78 is 47.9. The fourth-order valence-electron chi connectivity index (χ4n) is 2.37. The number of ketones is 1. The van der Waals surface area contributed by atoms with E-state index in [2.05, 4.69) is 23.9 Å². The minimum atomic E-state index is -4.36. The van der Waals surface area contributed by atoms with Gasteiger partial charge in [0.15, 0.2) is 16.7 Å². The van der Waals surface area contributed by atoms with E-state index in [1.165, 1.54) is 12.1 Å². The fraction of sp³-hybridized carbons (Fsp3) is 0.500. The molecule has 0 unspecified atom stereocenters. The second kappa shape index (κ2) is 12.2. The molecule has 0 aliphatic carbocycles. The monoisotopic (exact) mass is 534 g/mol. The van der Waals surface area contributed by atoms with Crippen molar-refractivity contribution in [2.24, 2.45) is 5.41 Å². The number of carbonyl (C=O) groups is 3. The molecule has 2 rings (SSSR count). The molecule has 2 N–H and O–H groups in total. The van der Waals surface area contributed by atoms with Gasteiger partial charge in [-0.2, -0.15) is 0 Å². The lowest BCUT2D eigenvalue weighted by Crippen LogP contribution is -2.19. The third-order valence-corrected chi connectivity index (χ3v) is 6.50. The highest BCUT2D eigenvalue weighted by Crippen LogP contribution is 2.48. The first kappa shape index (κ1) is 28.3. The van der Waals surface area contributed by atoms with Crippen LogP contribution in [-0.2, 0) is 32.6 Å². The van der Waals surface area contributed by atoms with E-state index < -0.39 is 38.9 Å². The summed E-state index contributed by atoms with van der Waals surface area (Å²) in [7, 11) is -4.36. The molecular weight excluding hydrogens is 507 g/mol. The van der Waals surface area contributed by atoms with Crippen molar-refractivity contribution < 1.29 is 51.4 Å². The Morgan fingerprint density at radius 3 is 2.03 bits per heavy atom. The number of carbonyl (C=O) groups excluding carboxylic acids is 3. The van der Waals surface area contributed by atoms with E-state index in [9.17, 15) is 18.9 Å². The lowest BCUT2D eigenvalue weighted by molar-refractivity contribution is -0.0180. The van der Waals surface area contributed by atoms with E-state index in [1.54, 1.807) is 34.6 Å². The number of anilines is 1. The second-order valence-corrected chi connectivity index (χ2v) is 10.6. The number of nitrogens with zero attached hydrogens (tertiary/aromatic N) is 1. The second-order valence-electron chi connectivity index (χ2n) is 7.59. The third kappa shape index (κ3) is 7.79. The zero-order chi connectivity index (χ0) is 26.2. The number of aromatic nitrogens is 1. The van der Waals surface area contributed by atoms with Gasteiger partial charge in [-0.1, -0.05) is 32.1 Å². The number of Topliss-reactive ketones (excluding diaryl/α,β-unsaturated/α-hetero) is 1. The number of nitrogens with two attached hydrogens (primary N) is 1. The lowest BCUT2D eigenvalue weighted by atomic mass is 9.89. The summed E-state index contributed by atoms with van der Waals surface area (Å²) in [5, 5.41) is 0.131. The zero-order valence-electron chi connectivity index (χ0n) is 19.9. The number of ether oxygens (including phenoxy) is 4. The molecule has 0 saturated heterocycles. The Bertz CT molecular complexity index is 1060. The Morgan fingerprint density at radius 2 is 1.54 bits per heavy atom. The minimum absolute atomic E-state index is 0.0499. The van der Waals surface area contributed by atoms with Crippen LogP contribution in [-0.4, -0.2) is 49.9 Å². The maximum Gasteiger partial charge on any atom is 0.510 e. The van der Waals surface area contributed by atoms with Gasteiger partial charge in [0.05, 0.1) is 13.2 Å². The van der Waals surface area contributed by atoms with Crippen LogP contribution in [0, 0.1) is 5.41 Å². The van der Waals surface area contributed by atoms with E-state index in [-0.39, 0.29) is 46.0 Å². The van der Waals surface area contributed by atoms with Gasteiger partial charge in [0, 0.05) is 5.41 Å².